The molecule has 0 spiro atoms. The Kier molecular flexibility index (Phi) is 4.63. The topological polar surface area (TPSA) is 59.7 Å². The number of aliphatic hydroxyl groups is 1. The SMILES string of the molecule is C=C1CCC2[C@@H](C)[C@@H](O)CC[C@]2(C)[C@H]1COc1ccc2ccc(=O)oc2c1. The Morgan fingerprint density at radius 1 is 1.30 bits per heavy atom. The minimum absolute atomic E-state index is 0.109. The molecule has 5 atom stereocenters. The lowest BCUT2D eigenvalue weighted by Gasteiger charge is -2.55. The monoisotopic (exact) mass is 368 g/mol. The van der Waals surface area contributed by atoms with Gasteiger partial charge in [0.2, 0.25) is 0 Å². The number of benzene rings is 1. The molecule has 144 valence electrons. The summed E-state index contributed by atoms with van der Waals surface area (Å²) in [6.07, 6.45) is 3.75. The van der Waals surface area contributed by atoms with Crippen LogP contribution in [0.4, 0.5) is 0 Å². The average Bonchev–Trinajstić information content (AvgIpc) is 2.64. The second-order valence-electron chi connectivity index (χ2n) is 8.59. The molecular weight excluding hydrogens is 340 g/mol. The van der Waals surface area contributed by atoms with Gasteiger partial charge in [-0.2, -0.15) is 0 Å². The first-order valence-electron chi connectivity index (χ1n) is 9.91. The van der Waals surface area contributed by atoms with E-state index in [1.54, 1.807) is 12.1 Å². The predicted molar refractivity (Wildman–Crippen MR) is 106 cm³/mol. The zero-order valence-electron chi connectivity index (χ0n) is 16.1. The first kappa shape index (κ1) is 18.3. The lowest BCUT2D eigenvalue weighted by molar-refractivity contribution is -0.0779. The van der Waals surface area contributed by atoms with Gasteiger partial charge in [0.25, 0.3) is 0 Å². The molecule has 1 aromatic heterocycles. The number of hydrogen-bond acceptors (Lipinski definition) is 4. The van der Waals surface area contributed by atoms with Gasteiger partial charge >= 0.3 is 5.63 Å². The number of fused-ring (bicyclic) bond motifs is 2. The zero-order valence-corrected chi connectivity index (χ0v) is 16.1. The lowest BCUT2D eigenvalue weighted by Crippen LogP contribution is -2.51. The second kappa shape index (κ2) is 6.83. The molecule has 2 fully saturated rings. The van der Waals surface area contributed by atoms with Crippen molar-refractivity contribution in [1.29, 1.82) is 0 Å². The smallest absolute Gasteiger partial charge is 0.336 e. The van der Waals surface area contributed by atoms with Crippen LogP contribution in [0, 0.1) is 23.2 Å². The molecule has 0 amide bonds. The van der Waals surface area contributed by atoms with Crippen molar-refractivity contribution in [3.8, 4) is 5.75 Å². The molecule has 2 aliphatic carbocycles. The van der Waals surface area contributed by atoms with Crippen LogP contribution in [0.25, 0.3) is 11.0 Å². The van der Waals surface area contributed by atoms with Crippen LogP contribution in [0.15, 0.2) is 51.7 Å². The third-order valence-electron chi connectivity index (χ3n) is 7.14. The third kappa shape index (κ3) is 3.20. The van der Waals surface area contributed by atoms with Crippen LogP contribution in [-0.4, -0.2) is 17.8 Å². The highest BCUT2D eigenvalue weighted by atomic mass is 16.5. The van der Waals surface area contributed by atoms with E-state index in [-0.39, 0.29) is 23.1 Å². The van der Waals surface area contributed by atoms with Crippen molar-refractivity contribution in [3.05, 3.63) is 52.9 Å². The fourth-order valence-electron chi connectivity index (χ4n) is 5.40. The summed E-state index contributed by atoms with van der Waals surface area (Å²) in [4.78, 5) is 11.5. The summed E-state index contributed by atoms with van der Waals surface area (Å²) in [5, 5.41) is 11.2. The van der Waals surface area contributed by atoms with Gasteiger partial charge in [0.05, 0.1) is 12.7 Å². The van der Waals surface area contributed by atoms with Crippen LogP contribution < -0.4 is 10.4 Å². The van der Waals surface area contributed by atoms with E-state index in [2.05, 4.69) is 20.4 Å². The molecule has 1 aromatic carbocycles. The van der Waals surface area contributed by atoms with Crippen molar-refractivity contribution in [3.63, 3.8) is 0 Å². The van der Waals surface area contributed by atoms with E-state index in [9.17, 15) is 9.90 Å². The van der Waals surface area contributed by atoms with Gasteiger partial charge in [0.1, 0.15) is 11.3 Å². The van der Waals surface area contributed by atoms with Crippen molar-refractivity contribution in [2.45, 2.75) is 45.6 Å². The molecule has 27 heavy (non-hydrogen) atoms. The van der Waals surface area contributed by atoms with Crippen molar-refractivity contribution >= 4 is 11.0 Å². The molecule has 4 rings (SSSR count). The minimum Gasteiger partial charge on any atom is -0.493 e. The van der Waals surface area contributed by atoms with Crippen molar-refractivity contribution < 1.29 is 14.3 Å². The maximum absolute atomic E-state index is 11.5. The number of aliphatic hydroxyl groups excluding tert-OH is 1. The number of hydrogen-bond donors (Lipinski definition) is 1. The molecule has 2 saturated carbocycles. The Bertz CT molecular complexity index is 914. The Morgan fingerprint density at radius 3 is 2.89 bits per heavy atom. The first-order valence-corrected chi connectivity index (χ1v) is 9.91. The van der Waals surface area contributed by atoms with Crippen LogP contribution in [0.1, 0.15) is 39.5 Å². The molecule has 4 nitrogen and oxygen atoms in total. The molecule has 2 aliphatic rings. The molecule has 1 N–H and O–H groups in total. The zero-order chi connectivity index (χ0) is 19.2. The van der Waals surface area contributed by atoms with Crippen LogP contribution in [0.5, 0.6) is 5.75 Å². The fourth-order valence-corrected chi connectivity index (χ4v) is 5.40. The van der Waals surface area contributed by atoms with Gasteiger partial charge in [-0.3, -0.25) is 0 Å². The van der Waals surface area contributed by atoms with Gasteiger partial charge in [0, 0.05) is 23.4 Å². The highest BCUT2D eigenvalue weighted by Gasteiger charge is 2.51. The van der Waals surface area contributed by atoms with Crippen molar-refractivity contribution in [1.82, 2.24) is 0 Å². The predicted octanol–water partition coefficient (Wildman–Crippen LogP) is 4.55. The van der Waals surface area contributed by atoms with Crippen molar-refractivity contribution in [2.24, 2.45) is 23.2 Å². The summed E-state index contributed by atoms with van der Waals surface area (Å²) in [6, 6.07) is 8.80. The molecule has 0 saturated heterocycles. The Hall–Kier alpha value is -2.07. The molecule has 4 heteroatoms. The van der Waals surface area contributed by atoms with Gasteiger partial charge < -0.3 is 14.3 Å². The van der Waals surface area contributed by atoms with E-state index in [0.29, 0.717) is 29.8 Å². The van der Waals surface area contributed by atoms with E-state index in [4.69, 9.17) is 9.15 Å². The highest BCUT2D eigenvalue weighted by molar-refractivity contribution is 5.77. The van der Waals surface area contributed by atoms with Gasteiger partial charge in [-0.05, 0) is 61.1 Å². The van der Waals surface area contributed by atoms with Gasteiger partial charge in [-0.25, -0.2) is 4.79 Å². The normalized spacial score (nSPS) is 33.7. The molecule has 0 bridgehead atoms. The van der Waals surface area contributed by atoms with Gasteiger partial charge in [0.15, 0.2) is 0 Å². The lowest BCUT2D eigenvalue weighted by atomic mass is 9.51. The minimum atomic E-state index is -0.356. The largest absolute Gasteiger partial charge is 0.493 e. The number of rotatable bonds is 3. The summed E-state index contributed by atoms with van der Waals surface area (Å²) in [5.74, 6) is 1.79. The van der Waals surface area contributed by atoms with Gasteiger partial charge in [-0.1, -0.05) is 26.0 Å². The molecule has 1 unspecified atom stereocenters. The van der Waals surface area contributed by atoms with Crippen molar-refractivity contribution in [2.75, 3.05) is 6.61 Å². The van der Waals surface area contributed by atoms with E-state index >= 15 is 0 Å². The Balaban J connectivity index is 1.56. The molecule has 2 aromatic rings. The van der Waals surface area contributed by atoms with E-state index < -0.39 is 0 Å². The Morgan fingerprint density at radius 2 is 2.07 bits per heavy atom. The standard InChI is InChI=1S/C23H28O4/c1-14-4-8-18-15(2)20(24)10-11-23(18,3)19(14)13-26-17-7-5-16-6-9-22(25)27-21(16)12-17/h5-7,9,12,15,18-20,24H,1,4,8,10-11,13H2,2-3H3/t15-,18?,19+,20+,23+/m1/s1. The number of ether oxygens (including phenoxy) is 1. The molecule has 1 heterocycles. The van der Waals surface area contributed by atoms with E-state index in [0.717, 1.165) is 31.1 Å². The second-order valence-corrected chi connectivity index (χ2v) is 8.59. The van der Waals surface area contributed by atoms with E-state index in [1.165, 1.54) is 11.6 Å². The van der Waals surface area contributed by atoms with Crippen LogP contribution in [0.2, 0.25) is 0 Å². The Labute approximate surface area is 159 Å². The summed E-state index contributed by atoms with van der Waals surface area (Å²) in [7, 11) is 0. The highest BCUT2D eigenvalue weighted by Crippen LogP contribution is 2.56. The maximum atomic E-state index is 11.5. The molecular formula is C23H28O4. The summed E-state index contributed by atoms with van der Waals surface area (Å²) in [5.41, 5.74) is 1.55. The van der Waals surface area contributed by atoms with Crippen LogP contribution in [-0.2, 0) is 0 Å². The fraction of sp³-hybridized carbons (Fsp3) is 0.522. The molecule has 0 aliphatic heterocycles. The first-order chi connectivity index (χ1) is 12.9. The summed E-state index contributed by atoms with van der Waals surface area (Å²) >= 11 is 0. The van der Waals surface area contributed by atoms with Crippen LogP contribution in [0.3, 0.4) is 0 Å². The third-order valence-corrected chi connectivity index (χ3v) is 7.14. The van der Waals surface area contributed by atoms with Gasteiger partial charge in [-0.15, -0.1) is 0 Å². The quantitative estimate of drug-likeness (QED) is 0.638. The summed E-state index contributed by atoms with van der Waals surface area (Å²) < 4.78 is 11.4. The summed E-state index contributed by atoms with van der Waals surface area (Å²) in [6.45, 7) is 9.44. The molecule has 0 radical (unpaired) electrons. The van der Waals surface area contributed by atoms with Crippen LogP contribution >= 0.6 is 0 Å². The average molecular weight is 368 g/mol. The maximum Gasteiger partial charge on any atom is 0.336 e. The van der Waals surface area contributed by atoms with E-state index in [1.807, 2.05) is 12.1 Å².